The summed E-state index contributed by atoms with van der Waals surface area (Å²) in [5.74, 6) is 0. The number of pyridine rings is 1. The van der Waals surface area contributed by atoms with Crippen LogP contribution in [0, 0.1) is 0 Å². The zero-order chi connectivity index (χ0) is 12.3. The highest BCUT2D eigenvalue weighted by Gasteiger charge is 2.04. The van der Waals surface area contributed by atoms with Gasteiger partial charge in [0.15, 0.2) is 0 Å². The van der Waals surface area contributed by atoms with Gasteiger partial charge in [0, 0.05) is 11.9 Å². The standard InChI is InChI=1S/C13H14BrN3/c1-2-9-3-5-10(6-4-9)17-13-11(14)7-16-8-12(13)15/h3-8H,2,15H2,1H3,(H,16,17). The molecule has 2 rings (SSSR count). The Morgan fingerprint density at radius 3 is 2.53 bits per heavy atom. The van der Waals surface area contributed by atoms with Crippen LogP contribution in [-0.2, 0) is 6.42 Å². The Bertz CT molecular complexity index is 488. The maximum Gasteiger partial charge on any atom is 0.0794 e. The minimum absolute atomic E-state index is 0.624. The Hall–Kier alpha value is -1.55. The number of nitrogens with zero attached hydrogens (tertiary/aromatic N) is 1. The van der Waals surface area contributed by atoms with Crippen LogP contribution in [0.25, 0.3) is 0 Å². The second-order valence-corrected chi connectivity index (χ2v) is 4.62. The van der Waals surface area contributed by atoms with Crippen molar-refractivity contribution in [2.24, 2.45) is 0 Å². The number of nitrogen functional groups attached to an aromatic ring is 1. The smallest absolute Gasteiger partial charge is 0.0794 e. The van der Waals surface area contributed by atoms with Gasteiger partial charge in [-0.3, -0.25) is 4.98 Å². The third kappa shape index (κ3) is 2.77. The van der Waals surface area contributed by atoms with Crippen molar-refractivity contribution in [1.82, 2.24) is 4.98 Å². The second kappa shape index (κ2) is 5.19. The molecule has 88 valence electrons. The highest BCUT2D eigenvalue weighted by atomic mass is 79.9. The number of aromatic nitrogens is 1. The van der Waals surface area contributed by atoms with Gasteiger partial charge in [-0.1, -0.05) is 19.1 Å². The Kier molecular flexibility index (Phi) is 3.64. The van der Waals surface area contributed by atoms with E-state index in [-0.39, 0.29) is 0 Å². The average molecular weight is 292 g/mol. The number of halogens is 1. The topological polar surface area (TPSA) is 50.9 Å². The van der Waals surface area contributed by atoms with E-state index in [1.807, 2.05) is 12.1 Å². The maximum atomic E-state index is 5.87. The van der Waals surface area contributed by atoms with E-state index in [0.717, 1.165) is 22.3 Å². The number of nitrogens with two attached hydrogens (primary N) is 1. The largest absolute Gasteiger partial charge is 0.396 e. The first-order valence-electron chi connectivity index (χ1n) is 5.45. The summed E-state index contributed by atoms with van der Waals surface area (Å²) in [7, 11) is 0. The number of aryl methyl sites for hydroxylation is 1. The van der Waals surface area contributed by atoms with Crippen molar-refractivity contribution in [3.8, 4) is 0 Å². The lowest BCUT2D eigenvalue weighted by molar-refractivity contribution is 1.14. The molecule has 1 heterocycles. The fraction of sp³-hybridized carbons (Fsp3) is 0.154. The van der Waals surface area contributed by atoms with Crippen molar-refractivity contribution < 1.29 is 0 Å². The van der Waals surface area contributed by atoms with E-state index in [4.69, 9.17) is 5.73 Å². The first-order chi connectivity index (χ1) is 8.20. The van der Waals surface area contributed by atoms with Crippen molar-refractivity contribution in [2.75, 3.05) is 11.1 Å². The van der Waals surface area contributed by atoms with Gasteiger partial charge in [-0.25, -0.2) is 0 Å². The number of anilines is 3. The Morgan fingerprint density at radius 1 is 1.24 bits per heavy atom. The van der Waals surface area contributed by atoms with Gasteiger partial charge in [0.1, 0.15) is 0 Å². The van der Waals surface area contributed by atoms with Crippen LogP contribution in [0.5, 0.6) is 0 Å². The zero-order valence-electron chi connectivity index (χ0n) is 9.57. The fourth-order valence-corrected chi connectivity index (χ4v) is 2.00. The summed E-state index contributed by atoms with van der Waals surface area (Å²) >= 11 is 3.43. The van der Waals surface area contributed by atoms with Gasteiger partial charge >= 0.3 is 0 Å². The molecule has 0 saturated carbocycles. The number of benzene rings is 1. The SMILES string of the molecule is CCc1ccc(Nc2c(N)cncc2Br)cc1. The molecule has 17 heavy (non-hydrogen) atoms. The second-order valence-electron chi connectivity index (χ2n) is 3.76. The first kappa shape index (κ1) is 11.9. The predicted octanol–water partition coefficient (Wildman–Crippen LogP) is 3.73. The van der Waals surface area contributed by atoms with Gasteiger partial charge in [-0.05, 0) is 40.0 Å². The van der Waals surface area contributed by atoms with Crippen LogP contribution in [0.3, 0.4) is 0 Å². The van der Waals surface area contributed by atoms with Crippen molar-refractivity contribution in [3.63, 3.8) is 0 Å². The van der Waals surface area contributed by atoms with Gasteiger partial charge in [0.05, 0.1) is 22.0 Å². The highest BCUT2D eigenvalue weighted by Crippen LogP contribution is 2.30. The molecule has 3 nitrogen and oxygen atoms in total. The summed E-state index contributed by atoms with van der Waals surface area (Å²) < 4.78 is 0.858. The third-order valence-corrected chi connectivity index (χ3v) is 3.16. The van der Waals surface area contributed by atoms with Crippen molar-refractivity contribution in [2.45, 2.75) is 13.3 Å². The molecule has 4 heteroatoms. The lowest BCUT2D eigenvalue weighted by atomic mass is 10.1. The van der Waals surface area contributed by atoms with E-state index >= 15 is 0 Å². The number of hydrogen-bond donors (Lipinski definition) is 2. The Balaban J connectivity index is 2.25. The fourth-order valence-electron chi connectivity index (χ4n) is 1.55. The van der Waals surface area contributed by atoms with Gasteiger partial charge in [-0.2, -0.15) is 0 Å². The van der Waals surface area contributed by atoms with Gasteiger partial charge < -0.3 is 11.1 Å². The van der Waals surface area contributed by atoms with Crippen LogP contribution in [0.1, 0.15) is 12.5 Å². The average Bonchev–Trinajstić information content (AvgIpc) is 2.35. The lowest BCUT2D eigenvalue weighted by Gasteiger charge is -2.11. The van der Waals surface area contributed by atoms with Gasteiger partial charge in [-0.15, -0.1) is 0 Å². The molecule has 0 amide bonds. The molecule has 1 aromatic heterocycles. The molecule has 0 atom stereocenters. The zero-order valence-corrected chi connectivity index (χ0v) is 11.2. The first-order valence-corrected chi connectivity index (χ1v) is 6.25. The van der Waals surface area contributed by atoms with Crippen LogP contribution in [0.15, 0.2) is 41.1 Å². The molecule has 2 aromatic rings. The monoisotopic (exact) mass is 291 g/mol. The van der Waals surface area contributed by atoms with E-state index in [1.165, 1.54) is 5.56 Å². The van der Waals surface area contributed by atoms with Crippen molar-refractivity contribution in [1.29, 1.82) is 0 Å². The molecule has 1 aromatic carbocycles. The van der Waals surface area contributed by atoms with E-state index in [2.05, 4.69) is 45.3 Å². The molecule has 3 N–H and O–H groups in total. The molecule has 0 aliphatic carbocycles. The predicted molar refractivity (Wildman–Crippen MR) is 75.5 cm³/mol. The van der Waals surface area contributed by atoms with Gasteiger partial charge in [0.25, 0.3) is 0 Å². The van der Waals surface area contributed by atoms with Gasteiger partial charge in [0.2, 0.25) is 0 Å². The third-order valence-electron chi connectivity index (χ3n) is 2.56. The molecule has 0 radical (unpaired) electrons. The Labute approximate surface area is 109 Å². The quantitative estimate of drug-likeness (QED) is 0.906. The minimum atomic E-state index is 0.624. The van der Waals surface area contributed by atoms with Crippen LogP contribution in [0.4, 0.5) is 17.1 Å². The number of nitrogens with one attached hydrogen (secondary N) is 1. The van der Waals surface area contributed by atoms with E-state index in [0.29, 0.717) is 5.69 Å². The van der Waals surface area contributed by atoms with E-state index in [1.54, 1.807) is 12.4 Å². The van der Waals surface area contributed by atoms with Crippen LogP contribution in [0.2, 0.25) is 0 Å². The molecule has 0 saturated heterocycles. The summed E-state index contributed by atoms with van der Waals surface area (Å²) in [5, 5.41) is 3.28. The molecule has 0 spiro atoms. The molecule has 0 unspecified atom stereocenters. The molecular weight excluding hydrogens is 278 g/mol. The van der Waals surface area contributed by atoms with E-state index < -0.39 is 0 Å². The normalized spacial score (nSPS) is 10.2. The number of rotatable bonds is 3. The molecular formula is C13H14BrN3. The summed E-state index contributed by atoms with van der Waals surface area (Å²) in [6.45, 7) is 2.14. The summed E-state index contributed by atoms with van der Waals surface area (Å²) in [6.07, 6.45) is 4.40. The van der Waals surface area contributed by atoms with Crippen LogP contribution in [-0.4, -0.2) is 4.98 Å². The lowest BCUT2D eigenvalue weighted by Crippen LogP contribution is -1.98. The number of hydrogen-bond acceptors (Lipinski definition) is 3. The van der Waals surface area contributed by atoms with E-state index in [9.17, 15) is 0 Å². The van der Waals surface area contributed by atoms with Crippen LogP contribution < -0.4 is 11.1 Å². The van der Waals surface area contributed by atoms with Crippen LogP contribution >= 0.6 is 15.9 Å². The summed E-state index contributed by atoms with van der Waals surface area (Å²) in [5.41, 5.74) is 9.68. The summed E-state index contributed by atoms with van der Waals surface area (Å²) in [6, 6.07) is 8.30. The van der Waals surface area contributed by atoms with Crippen molar-refractivity contribution in [3.05, 3.63) is 46.7 Å². The summed E-state index contributed by atoms with van der Waals surface area (Å²) in [4.78, 5) is 4.00. The molecule has 0 fully saturated rings. The molecule has 0 aliphatic rings. The Morgan fingerprint density at radius 2 is 1.94 bits per heavy atom. The molecule has 0 aliphatic heterocycles. The molecule has 0 bridgehead atoms. The highest BCUT2D eigenvalue weighted by molar-refractivity contribution is 9.10. The maximum absolute atomic E-state index is 5.87. The minimum Gasteiger partial charge on any atom is -0.396 e. The van der Waals surface area contributed by atoms with Crippen molar-refractivity contribution >= 4 is 33.0 Å².